The van der Waals surface area contributed by atoms with Gasteiger partial charge in [0.05, 0.1) is 6.20 Å². The smallest absolute Gasteiger partial charge is 0.477 e. The van der Waals surface area contributed by atoms with Gasteiger partial charge in [-0.1, -0.05) is 0 Å². The molecule has 0 aliphatic carbocycles. The van der Waals surface area contributed by atoms with Crippen LogP contribution in [0.3, 0.4) is 0 Å². The Balaban J connectivity index is 1.99. The lowest BCUT2D eigenvalue weighted by atomic mass is 10.2. The maximum Gasteiger partial charge on any atom is 0.507 e. The molecule has 5 nitrogen and oxygen atoms in total. The highest BCUT2D eigenvalue weighted by Gasteiger charge is 2.65. The van der Waals surface area contributed by atoms with Crippen molar-refractivity contribution in [1.29, 1.82) is 0 Å². The van der Waals surface area contributed by atoms with Gasteiger partial charge in [0.2, 0.25) is 0 Å². The Hall–Kier alpha value is -2.36. The number of fused-ring (bicyclic) bond motifs is 1. The molecule has 1 aromatic heterocycles. The van der Waals surface area contributed by atoms with E-state index in [0.717, 1.165) is 29.7 Å². The minimum absolute atomic E-state index is 0.0539. The monoisotopic (exact) mass is 335 g/mol. The molecular formula is C12H5F4NO4S. The van der Waals surface area contributed by atoms with E-state index in [9.17, 15) is 22.4 Å². The summed E-state index contributed by atoms with van der Waals surface area (Å²) in [7, 11) is 0. The molecule has 0 saturated carbocycles. The molecule has 2 aromatic rings. The van der Waals surface area contributed by atoms with E-state index < -0.39 is 29.7 Å². The zero-order valence-corrected chi connectivity index (χ0v) is 11.2. The Kier molecular flexibility index (Phi) is 3.02. The van der Waals surface area contributed by atoms with E-state index in [1.54, 1.807) is 0 Å². The predicted molar refractivity (Wildman–Crippen MR) is 65.7 cm³/mol. The maximum absolute atomic E-state index is 13.1. The lowest BCUT2D eigenvalue weighted by Crippen LogP contribution is -2.52. The van der Waals surface area contributed by atoms with Crippen molar-refractivity contribution in [2.75, 3.05) is 0 Å². The number of aromatic carboxylic acids is 1. The second kappa shape index (κ2) is 4.57. The van der Waals surface area contributed by atoms with Crippen LogP contribution in [0.1, 0.15) is 9.67 Å². The van der Waals surface area contributed by atoms with Crippen LogP contribution in [0.15, 0.2) is 24.4 Å². The Morgan fingerprint density at radius 3 is 2.36 bits per heavy atom. The van der Waals surface area contributed by atoms with Gasteiger partial charge in [0, 0.05) is 5.56 Å². The summed E-state index contributed by atoms with van der Waals surface area (Å²) in [4.78, 5) is 14.6. The summed E-state index contributed by atoms with van der Waals surface area (Å²) in [5.74, 6) is -2.32. The first kappa shape index (κ1) is 14.6. The van der Waals surface area contributed by atoms with Crippen LogP contribution in [-0.2, 0) is 0 Å². The molecule has 0 amide bonds. The number of aromatic nitrogens is 1. The lowest BCUT2D eigenvalue weighted by Gasteiger charge is -2.31. The molecule has 0 radical (unpaired) electrons. The van der Waals surface area contributed by atoms with Crippen molar-refractivity contribution in [1.82, 2.24) is 4.98 Å². The van der Waals surface area contributed by atoms with Crippen molar-refractivity contribution in [3.63, 3.8) is 0 Å². The van der Waals surface area contributed by atoms with Crippen LogP contribution in [0.4, 0.5) is 17.6 Å². The second-order valence-corrected chi connectivity index (χ2v) is 5.26. The zero-order valence-electron chi connectivity index (χ0n) is 10.3. The number of halogens is 4. The van der Waals surface area contributed by atoms with Crippen LogP contribution in [0.2, 0.25) is 0 Å². The van der Waals surface area contributed by atoms with E-state index in [1.807, 2.05) is 0 Å². The molecule has 1 aliphatic rings. The normalized spacial score (nSPS) is 18.0. The van der Waals surface area contributed by atoms with Gasteiger partial charge < -0.3 is 14.6 Å². The van der Waals surface area contributed by atoms with Crippen molar-refractivity contribution >= 4 is 17.3 Å². The summed E-state index contributed by atoms with van der Waals surface area (Å²) in [5.41, 5.74) is 0.237. The first-order valence-corrected chi connectivity index (χ1v) is 6.48. The molecule has 1 aliphatic heterocycles. The van der Waals surface area contributed by atoms with Crippen molar-refractivity contribution < 1.29 is 36.9 Å². The van der Waals surface area contributed by atoms with Crippen molar-refractivity contribution in [3.05, 3.63) is 29.3 Å². The van der Waals surface area contributed by atoms with Crippen LogP contribution in [0.5, 0.6) is 11.5 Å². The van der Waals surface area contributed by atoms with E-state index in [1.165, 1.54) is 6.07 Å². The molecule has 116 valence electrons. The highest BCUT2D eigenvalue weighted by Crippen LogP contribution is 2.48. The standard InChI is InChI=1S/C12H5F4NO4S/c13-11(14)12(15,16)21-7-3-5(1-2-6(7)20-11)9-17-4-8(22-9)10(18)19/h1-4H,(H,18,19). The van der Waals surface area contributed by atoms with Gasteiger partial charge in [-0.3, -0.25) is 0 Å². The number of carbonyl (C=O) groups is 1. The molecule has 2 heterocycles. The zero-order chi connectivity index (χ0) is 16.1. The lowest BCUT2D eigenvalue weighted by molar-refractivity contribution is -0.391. The summed E-state index contributed by atoms with van der Waals surface area (Å²) >= 11 is 0.802. The third kappa shape index (κ3) is 2.25. The third-order valence-corrected chi connectivity index (χ3v) is 3.76. The topological polar surface area (TPSA) is 68.7 Å². The number of alkyl halides is 4. The van der Waals surface area contributed by atoms with Gasteiger partial charge in [-0.05, 0) is 18.2 Å². The number of benzene rings is 1. The Bertz CT molecular complexity index is 761. The van der Waals surface area contributed by atoms with Crippen LogP contribution in [0, 0.1) is 0 Å². The minimum Gasteiger partial charge on any atom is -0.477 e. The van der Waals surface area contributed by atoms with E-state index in [-0.39, 0.29) is 15.4 Å². The van der Waals surface area contributed by atoms with Crippen molar-refractivity contribution in [2.24, 2.45) is 0 Å². The van der Waals surface area contributed by atoms with Gasteiger partial charge in [-0.25, -0.2) is 9.78 Å². The Morgan fingerprint density at radius 1 is 1.14 bits per heavy atom. The summed E-state index contributed by atoms with van der Waals surface area (Å²) in [6, 6.07) is 3.34. The molecule has 22 heavy (non-hydrogen) atoms. The molecule has 0 atom stereocenters. The van der Waals surface area contributed by atoms with Gasteiger partial charge >= 0.3 is 18.2 Å². The summed E-state index contributed by atoms with van der Waals surface area (Å²) in [5, 5.41) is 9.02. The van der Waals surface area contributed by atoms with Gasteiger partial charge in [0.1, 0.15) is 9.88 Å². The predicted octanol–water partition coefficient (Wildman–Crippen LogP) is 3.47. The molecule has 0 saturated heterocycles. The Morgan fingerprint density at radius 2 is 1.77 bits per heavy atom. The summed E-state index contributed by atoms with van der Waals surface area (Å²) in [6.07, 6.45) is -8.49. The van der Waals surface area contributed by atoms with Crippen LogP contribution < -0.4 is 9.47 Å². The molecule has 0 bridgehead atoms. The molecule has 0 unspecified atom stereocenters. The second-order valence-electron chi connectivity index (χ2n) is 4.23. The number of ether oxygens (including phenoxy) is 2. The number of hydrogen-bond donors (Lipinski definition) is 1. The maximum atomic E-state index is 13.1. The first-order valence-electron chi connectivity index (χ1n) is 5.67. The number of rotatable bonds is 2. The average Bonchev–Trinajstić information content (AvgIpc) is 2.88. The van der Waals surface area contributed by atoms with Crippen molar-refractivity contribution in [3.8, 4) is 22.1 Å². The molecule has 3 rings (SSSR count). The first-order chi connectivity index (χ1) is 10.2. The Labute approximate surface area is 123 Å². The minimum atomic E-state index is -4.81. The van der Waals surface area contributed by atoms with E-state index in [0.29, 0.717) is 0 Å². The van der Waals surface area contributed by atoms with E-state index in [4.69, 9.17) is 5.11 Å². The highest BCUT2D eigenvalue weighted by atomic mass is 32.1. The number of carboxylic acid groups (broad SMARTS) is 1. The molecular weight excluding hydrogens is 330 g/mol. The quantitative estimate of drug-likeness (QED) is 0.851. The number of nitrogens with zero attached hydrogens (tertiary/aromatic N) is 1. The van der Waals surface area contributed by atoms with Crippen molar-refractivity contribution in [2.45, 2.75) is 12.2 Å². The number of carboxylic acids is 1. The van der Waals surface area contributed by atoms with E-state index in [2.05, 4.69) is 14.5 Å². The largest absolute Gasteiger partial charge is 0.507 e. The highest BCUT2D eigenvalue weighted by molar-refractivity contribution is 7.16. The van der Waals surface area contributed by atoms with E-state index >= 15 is 0 Å². The summed E-state index contributed by atoms with van der Waals surface area (Å²) in [6.45, 7) is 0. The molecule has 0 fully saturated rings. The average molecular weight is 335 g/mol. The number of hydrogen-bond acceptors (Lipinski definition) is 5. The summed E-state index contributed by atoms with van der Waals surface area (Å²) < 4.78 is 60.2. The van der Waals surface area contributed by atoms with Gasteiger partial charge in [-0.2, -0.15) is 17.6 Å². The fraction of sp³-hybridized carbons (Fsp3) is 0.167. The SMILES string of the molecule is O=C(O)c1cnc(-c2ccc3c(c2)OC(F)(F)C(F)(F)O3)s1. The fourth-order valence-corrected chi connectivity index (χ4v) is 2.46. The molecule has 1 aromatic carbocycles. The van der Waals surface area contributed by atoms with Gasteiger partial charge in [-0.15, -0.1) is 11.3 Å². The fourth-order valence-electron chi connectivity index (χ4n) is 1.71. The van der Waals surface area contributed by atoms with Crippen LogP contribution in [0.25, 0.3) is 10.6 Å². The van der Waals surface area contributed by atoms with Crippen LogP contribution >= 0.6 is 11.3 Å². The molecule has 0 spiro atoms. The van der Waals surface area contributed by atoms with Gasteiger partial charge in [0.25, 0.3) is 0 Å². The molecule has 1 N–H and O–H groups in total. The molecule has 10 heteroatoms. The van der Waals surface area contributed by atoms with Crippen LogP contribution in [-0.4, -0.2) is 28.3 Å². The third-order valence-electron chi connectivity index (χ3n) is 2.72. The number of thiazole rings is 1. The van der Waals surface area contributed by atoms with Gasteiger partial charge in [0.15, 0.2) is 11.5 Å².